The second-order valence-electron chi connectivity index (χ2n) is 5.25. The van der Waals surface area contributed by atoms with Crippen molar-refractivity contribution in [3.63, 3.8) is 0 Å². The Morgan fingerprint density at radius 2 is 1.74 bits per heavy atom. The van der Waals surface area contributed by atoms with Gasteiger partial charge in [0.25, 0.3) is 0 Å². The molecule has 0 atom stereocenters. The van der Waals surface area contributed by atoms with Crippen molar-refractivity contribution in [1.29, 1.82) is 0 Å². The molecule has 19 heavy (non-hydrogen) atoms. The lowest BCUT2D eigenvalue weighted by Crippen LogP contribution is -2.39. The zero-order valence-electron chi connectivity index (χ0n) is 11.4. The van der Waals surface area contributed by atoms with E-state index in [4.69, 9.17) is 14.2 Å². The zero-order valence-corrected chi connectivity index (χ0v) is 11.4. The molecule has 1 saturated carbocycles. The number of nitrogens with one attached hydrogen (secondary N) is 1. The molecular weight excluding hydrogens is 242 g/mol. The monoisotopic (exact) mass is 263 g/mol. The molecule has 0 radical (unpaired) electrons. The van der Waals surface area contributed by atoms with E-state index < -0.39 is 0 Å². The van der Waals surface area contributed by atoms with Crippen LogP contribution >= 0.6 is 0 Å². The maximum atomic E-state index is 5.74. The predicted octanol–water partition coefficient (Wildman–Crippen LogP) is 2.79. The van der Waals surface area contributed by atoms with Gasteiger partial charge in [-0.2, -0.15) is 0 Å². The summed E-state index contributed by atoms with van der Waals surface area (Å²) in [5.74, 6) is 0.624. The van der Waals surface area contributed by atoms with Crippen molar-refractivity contribution in [3.05, 3.63) is 24.3 Å². The fourth-order valence-electron chi connectivity index (χ4n) is 2.91. The van der Waals surface area contributed by atoms with Gasteiger partial charge >= 0.3 is 0 Å². The van der Waals surface area contributed by atoms with E-state index in [1.165, 1.54) is 0 Å². The second-order valence-corrected chi connectivity index (χ2v) is 5.25. The number of methoxy groups -OCH3 is 1. The fourth-order valence-corrected chi connectivity index (χ4v) is 2.91. The summed E-state index contributed by atoms with van der Waals surface area (Å²) in [7, 11) is 1.69. The highest BCUT2D eigenvalue weighted by Gasteiger charge is 2.40. The molecule has 1 heterocycles. The third-order valence-electron chi connectivity index (χ3n) is 4.02. The average molecular weight is 263 g/mol. The first-order valence-electron chi connectivity index (χ1n) is 6.98. The third-order valence-corrected chi connectivity index (χ3v) is 4.02. The molecule has 1 spiro atoms. The summed E-state index contributed by atoms with van der Waals surface area (Å²) >= 11 is 0. The first kappa shape index (κ1) is 12.8. The Morgan fingerprint density at radius 1 is 1.11 bits per heavy atom. The molecule has 1 aromatic carbocycles. The van der Waals surface area contributed by atoms with E-state index in [9.17, 15) is 0 Å². The van der Waals surface area contributed by atoms with Gasteiger partial charge in [0.15, 0.2) is 5.79 Å². The van der Waals surface area contributed by atoms with Crippen LogP contribution in [0.1, 0.15) is 25.7 Å². The second kappa shape index (κ2) is 5.39. The molecule has 0 aromatic heterocycles. The van der Waals surface area contributed by atoms with E-state index in [-0.39, 0.29) is 5.79 Å². The van der Waals surface area contributed by atoms with Crippen molar-refractivity contribution in [1.82, 2.24) is 0 Å². The maximum absolute atomic E-state index is 5.74. The predicted molar refractivity (Wildman–Crippen MR) is 73.5 cm³/mol. The van der Waals surface area contributed by atoms with Gasteiger partial charge in [0.2, 0.25) is 0 Å². The van der Waals surface area contributed by atoms with Gasteiger partial charge in [0.1, 0.15) is 5.75 Å². The van der Waals surface area contributed by atoms with E-state index >= 15 is 0 Å². The van der Waals surface area contributed by atoms with Crippen LogP contribution in [-0.2, 0) is 9.47 Å². The molecule has 2 fully saturated rings. The number of hydrogen-bond donors (Lipinski definition) is 1. The lowest BCUT2D eigenvalue weighted by atomic mass is 9.90. The number of ether oxygens (including phenoxy) is 3. The van der Waals surface area contributed by atoms with Crippen molar-refractivity contribution < 1.29 is 14.2 Å². The Balaban J connectivity index is 1.53. The van der Waals surface area contributed by atoms with Crippen LogP contribution in [-0.4, -0.2) is 32.2 Å². The highest BCUT2D eigenvalue weighted by molar-refractivity contribution is 5.47. The number of anilines is 1. The van der Waals surface area contributed by atoms with Crippen molar-refractivity contribution in [3.8, 4) is 5.75 Å². The molecule has 3 rings (SSSR count). The standard InChI is InChI=1S/C15H21NO3/c1-17-14-4-2-12(3-5-14)16-13-6-8-15(9-7-13)18-10-11-19-15/h2-5,13,16H,6-11H2,1H3. The van der Waals surface area contributed by atoms with Gasteiger partial charge in [-0.25, -0.2) is 0 Å². The molecule has 0 bridgehead atoms. The fraction of sp³-hybridized carbons (Fsp3) is 0.600. The van der Waals surface area contributed by atoms with Crippen LogP contribution < -0.4 is 10.1 Å². The topological polar surface area (TPSA) is 39.7 Å². The number of benzene rings is 1. The smallest absolute Gasteiger partial charge is 0.168 e. The van der Waals surface area contributed by atoms with Crippen LogP contribution in [0.3, 0.4) is 0 Å². The highest BCUT2D eigenvalue weighted by Crippen LogP contribution is 2.36. The maximum Gasteiger partial charge on any atom is 0.168 e. The molecule has 2 aliphatic rings. The summed E-state index contributed by atoms with van der Waals surface area (Å²) in [5, 5.41) is 3.57. The van der Waals surface area contributed by atoms with Crippen molar-refractivity contribution in [2.45, 2.75) is 37.5 Å². The molecule has 1 aliphatic heterocycles. The van der Waals surface area contributed by atoms with Gasteiger partial charge < -0.3 is 19.5 Å². The van der Waals surface area contributed by atoms with E-state index in [0.29, 0.717) is 6.04 Å². The van der Waals surface area contributed by atoms with Crippen LogP contribution in [0.5, 0.6) is 5.75 Å². The van der Waals surface area contributed by atoms with Crippen molar-refractivity contribution in [2.24, 2.45) is 0 Å². The van der Waals surface area contributed by atoms with Gasteiger partial charge in [0, 0.05) is 24.6 Å². The van der Waals surface area contributed by atoms with Crippen LogP contribution in [0.25, 0.3) is 0 Å². The minimum absolute atomic E-state index is 0.266. The first-order chi connectivity index (χ1) is 9.30. The third kappa shape index (κ3) is 2.85. The lowest BCUT2D eigenvalue weighted by Gasteiger charge is -2.36. The Morgan fingerprint density at radius 3 is 2.32 bits per heavy atom. The molecule has 0 unspecified atom stereocenters. The van der Waals surface area contributed by atoms with Gasteiger partial charge in [-0.05, 0) is 37.1 Å². The zero-order chi connectivity index (χ0) is 13.1. The van der Waals surface area contributed by atoms with Crippen molar-refractivity contribution in [2.75, 3.05) is 25.6 Å². The summed E-state index contributed by atoms with van der Waals surface area (Å²) < 4.78 is 16.6. The number of rotatable bonds is 3. The Hall–Kier alpha value is -1.26. The molecular formula is C15H21NO3. The summed E-state index contributed by atoms with van der Waals surface area (Å²) in [4.78, 5) is 0. The van der Waals surface area contributed by atoms with Crippen LogP contribution in [0.2, 0.25) is 0 Å². The summed E-state index contributed by atoms with van der Waals surface area (Å²) in [6.45, 7) is 1.49. The van der Waals surface area contributed by atoms with E-state index in [1.807, 2.05) is 12.1 Å². The Kier molecular flexibility index (Phi) is 3.62. The minimum atomic E-state index is -0.266. The molecule has 104 valence electrons. The highest BCUT2D eigenvalue weighted by atomic mass is 16.7. The lowest BCUT2D eigenvalue weighted by molar-refractivity contribution is -0.177. The minimum Gasteiger partial charge on any atom is -0.497 e. The molecule has 1 N–H and O–H groups in total. The molecule has 4 nitrogen and oxygen atoms in total. The van der Waals surface area contributed by atoms with Crippen LogP contribution in [0.4, 0.5) is 5.69 Å². The molecule has 4 heteroatoms. The average Bonchev–Trinajstić information content (AvgIpc) is 2.91. The van der Waals surface area contributed by atoms with Gasteiger partial charge in [-0.3, -0.25) is 0 Å². The Labute approximate surface area is 114 Å². The SMILES string of the molecule is COc1ccc(NC2CCC3(CC2)OCCO3)cc1. The largest absolute Gasteiger partial charge is 0.497 e. The summed E-state index contributed by atoms with van der Waals surface area (Å²) in [6, 6.07) is 8.59. The molecule has 1 aliphatic carbocycles. The van der Waals surface area contributed by atoms with Gasteiger partial charge in [-0.1, -0.05) is 0 Å². The summed E-state index contributed by atoms with van der Waals surface area (Å²) in [6.07, 6.45) is 4.15. The normalized spacial score (nSPS) is 22.6. The van der Waals surface area contributed by atoms with E-state index in [0.717, 1.165) is 50.3 Å². The molecule has 1 aromatic rings. The van der Waals surface area contributed by atoms with Crippen LogP contribution in [0.15, 0.2) is 24.3 Å². The number of hydrogen-bond acceptors (Lipinski definition) is 4. The van der Waals surface area contributed by atoms with Gasteiger partial charge in [-0.15, -0.1) is 0 Å². The Bertz CT molecular complexity index is 402. The van der Waals surface area contributed by atoms with Gasteiger partial charge in [0.05, 0.1) is 20.3 Å². The first-order valence-corrected chi connectivity index (χ1v) is 6.98. The molecule has 1 saturated heterocycles. The summed E-state index contributed by atoms with van der Waals surface area (Å²) in [5.41, 5.74) is 1.15. The van der Waals surface area contributed by atoms with Crippen LogP contribution in [0, 0.1) is 0 Å². The van der Waals surface area contributed by atoms with E-state index in [1.54, 1.807) is 7.11 Å². The quantitative estimate of drug-likeness (QED) is 0.910. The molecule has 0 amide bonds. The van der Waals surface area contributed by atoms with E-state index in [2.05, 4.69) is 17.4 Å². The van der Waals surface area contributed by atoms with Crippen molar-refractivity contribution >= 4 is 5.69 Å².